The Hall–Kier alpha value is -6.00. The first-order valence-electron chi connectivity index (χ1n) is 16.7. The average molecular weight is 735 g/mol. The summed E-state index contributed by atoms with van der Waals surface area (Å²) < 4.78 is 9.81. The van der Waals surface area contributed by atoms with Crippen LogP contribution >= 0.6 is 45.3 Å². The average Bonchev–Trinajstić information content (AvgIpc) is 4.04. The minimum atomic E-state index is 0.133. The van der Waals surface area contributed by atoms with Crippen molar-refractivity contribution in [3.8, 4) is 55.5 Å². The molecule has 0 saturated heterocycles. The van der Waals surface area contributed by atoms with E-state index in [1.165, 1.54) is 40.9 Å². The molecule has 0 amide bonds. The quantitative estimate of drug-likeness (QED) is 0.169. The van der Waals surface area contributed by atoms with Crippen LogP contribution in [0.4, 0.5) is 0 Å². The Kier molecular flexibility index (Phi) is 6.43. The fourth-order valence-corrected chi connectivity index (χ4v) is 12.2. The highest BCUT2D eigenvalue weighted by Gasteiger charge is 2.29. The van der Waals surface area contributed by atoms with Crippen molar-refractivity contribution in [1.82, 2.24) is 9.13 Å². The van der Waals surface area contributed by atoms with Crippen molar-refractivity contribution in [3.05, 3.63) is 149 Å². The van der Waals surface area contributed by atoms with Crippen LogP contribution in [0.1, 0.15) is 11.1 Å². The van der Waals surface area contributed by atoms with Crippen molar-refractivity contribution in [2.45, 2.75) is 0 Å². The molecule has 0 radical (unpaired) electrons. The van der Waals surface area contributed by atoms with Gasteiger partial charge in [0.15, 0.2) is 0 Å². The molecule has 0 fully saturated rings. The van der Waals surface area contributed by atoms with Crippen molar-refractivity contribution in [3.63, 3.8) is 0 Å². The van der Waals surface area contributed by atoms with Crippen molar-refractivity contribution >= 4 is 91.8 Å². The second kappa shape index (κ2) is 11.2. The highest BCUT2D eigenvalue weighted by atomic mass is 32.1. The van der Waals surface area contributed by atoms with Gasteiger partial charge >= 0.3 is 0 Å². The number of aromatic nitrogens is 2. The van der Waals surface area contributed by atoms with E-state index < -0.39 is 0 Å². The number of fused-ring (bicyclic) bond motifs is 9. The fraction of sp³-hybridized carbons (Fsp3) is 0. The summed E-state index contributed by atoms with van der Waals surface area (Å²) in [5.41, 5.74) is 14.1. The number of allylic oxidation sites excluding steroid dienone is 1. The van der Waals surface area contributed by atoms with Crippen LogP contribution in [0.3, 0.4) is 0 Å². The van der Waals surface area contributed by atoms with Gasteiger partial charge in [-0.3, -0.25) is 0 Å². The topological polar surface area (TPSA) is 57.4 Å². The van der Waals surface area contributed by atoms with Crippen molar-refractivity contribution in [2.24, 2.45) is 0 Å². The number of hydrogen-bond acceptors (Lipinski definition) is 6. The molecule has 11 rings (SSSR count). The molecule has 6 heterocycles. The van der Waals surface area contributed by atoms with Crippen LogP contribution in [-0.4, -0.2) is 9.13 Å². The summed E-state index contributed by atoms with van der Waals surface area (Å²) >= 11 is 7.14. The van der Waals surface area contributed by atoms with Crippen LogP contribution in [0.15, 0.2) is 138 Å². The number of rotatable bonds is 4. The van der Waals surface area contributed by atoms with Crippen molar-refractivity contribution in [2.75, 3.05) is 0 Å². The first-order chi connectivity index (χ1) is 25.7. The van der Waals surface area contributed by atoms with Gasteiger partial charge in [-0.25, -0.2) is 0 Å². The SMILES string of the molecule is N#CC(C#N)=C1c2cc(-c3cc4c(s3)c3sccc3n4-c3ccccc3)ccc2-c2ccc(-c3cc4c(s3)c3sccc3n4-c3ccccc3)cc21. The molecule has 0 bridgehead atoms. The molecular formula is C44H22N4S4. The van der Waals surface area contributed by atoms with E-state index in [-0.39, 0.29) is 5.57 Å². The molecule has 4 aromatic carbocycles. The predicted octanol–water partition coefficient (Wildman–Crippen LogP) is 13.3. The van der Waals surface area contributed by atoms with Crippen LogP contribution in [0, 0.1) is 22.7 Å². The van der Waals surface area contributed by atoms with Crippen molar-refractivity contribution < 1.29 is 0 Å². The lowest BCUT2D eigenvalue weighted by Gasteiger charge is -2.07. The van der Waals surface area contributed by atoms with E-state index >= 15 is 0 Å². The first-order valence-corrected chi connectivity index (χ1v) is 20.1. The maximum Gasteiger partial charge on any atom is 0.138 e. The van der Waals surface area contributed by atoms with Gasteiger partial charge in [-0.15, -0.1) is 45.3 Å². The van der Waals surface area contributed by atoms with Gasteiger partial charge < -0.3 is 9.13 Å². The Balaban J connectivity index is 1.05. The molecule has 0 saturated carbocycles. The molecule has 0 atom stereocenters. The van der Waals surface area contributed by atoms with Crippen LogP contribution in [0.25, 0.3) is 89.8 Å². The molecular weight excluding hydrogens is 713 g/mol. The molecule has 4 nitrogen and oxygen atoms in total. The van der Waals surface area contributed by atoms with Crippen LogP contribution in [-0.2, 0) is 0 Å². The van der Waals surface area contributed by atoms with Gasteiger partial charge in [-0.05, 0) is 105 Å². The Morgan fingerprint density at radius 2 is 0.923 bits per heavy atom. The van der Waals surface area contributed by atoms with E-state index in [1.807, 2.05) is 12.1 Å². The zero-order valence-corrected chi connectivity index (χ0v) is 30.4. The second-order valence-electron chi connectivity index (χ2n) is 12.8. The lowest BCUT2D eigenvalue weighted by molar-refractivity contribution is 1.18. The predicted molar refractivity (Wildman–Crippen MR) is 220 cm³/mol. The molecule has 10 aromatic rings. The van der Waals surface area contributed by atoms with Gasteiger partial charge in [-0.1, -0.05) is 60.7 Å². The van der Waals surface area contributed by atoms with Crippen LogP contribution in [0.2, 0.25) is 0 Å². The molecule has 52 heavy (non-hydrogen) atoms. The monoisotopic (exact) mass is 734 g/mol. The molecule has 0 N–H and O–H groups in total. The molecule has 0 unspecified atom stereocenters. The van der Waals surface area contributed by atoms with Crippen molar-refractivity contribution in [1.29, 1.82) is 10.5 Å². The maximum atomic E-state index is 10.3. The molecule has 8 heteroatoms. The van der Waals surface area contributed by atoms with E-state index in [0.717, 1.165) is 54.5 Å². The third-order valence-corrected chi connectivity index (χ3v) is 14.5. The lowest BCUT2D eigenvalue weighted by atomic mass is 9.96. The number of para-hydroxylation sites is 2. The van der Waals surface area contributed by atoms with Gasteiger partial charge in [0.2, 0.25) is 0 Å². The minimum absolute atomic E-state index is 0.133. The summed E-state index contributed by atoms with van der Waals surface area (Å²) in [5.74, 6) is 0. The summed E-state index contributed by atoms with van der Waals surface area (Å²) in [4.78, 5) is 2.31. The molecule has 1 aliphatic rings. The molecule has 6 aromatic heterocycles. The molecule has 242 valence electrons. The Labute approximate surface area is 313 Å². The van der Waals surface area contributed by atoms with E-state index in [1.54, 1.807) is 45.3 Å². The van der Waals surface area contributed by atoms with E-state index in [9.17, 15) is 10.5 Å². The summed E-state index contributed by atoms with van der Waals surface area (Å²) in [6, 6.07) is 47.5. The number of benzene rings is 4. The van der Waals surface area contributed by atoms with Gasteiger partial charge in [0.25, 0.3) is 0 Å². The number of hydrogen-bond donors (Lipinski definition) is 0. The smallest absolute Gasteiger partial charge is 0.138 e. The summed E-state index contributed by atoms with van der Waals surface area (Å²) in [7, 11) is 0. The molecule has 1 aliphatic carbocycles. The summed E-state index contributed by atoms with van der Waals surface area (Å²) in [5, 5.41) is 24.8. The Bertz CT molecular complexity index is 2990. The van der Waals surface area contributed by atoms with E-state index in [4.69, 9.17) is 0 Å². The number of nitriles is 2. The standard InChI is InChI=1S/C44H22N4S4/c45-23-27(24-46)40-32-19-25(38-21-36-43(51-38)41-34(15-17-49-41)47(36)28-7-3-1-4-8-28)11-13-30(32)31-14-12-26(20-33(31)40)39-22-37-44(52-39)42-35(16-18-50-42)48(37)29-9-5-2-6-10-29/h1-22H. The van der Waals surface area contributed by atoms with Gasteiger partial charge in [0.05, 0.1) is 40.9 Å². The zero-order chi connectivity index (χ0) is 34.5. The Morgan fingerprint density at radius 3 is 1.37 bits per heavy atom. The third-order valence-electron chi connectivity index (χ3n) is 10.0. The fourth-order valence-electron chi connectivity index (χ4n) is 7.80. The van der Waals surface area contributed by atoms with Gasteiger partial charge in [0, 0.05) is 26.7 Å². The molecule has 0 spiro atoms. The lowest BCUT2D eigenvalue weighted by Crippen LogP contribution is -1.91. The Morgan fingerprint density at radius 1 is 0.462 bits per heavy atom. The van der Waals surface area contributed by atoms with Gasteiger partial charge in [-0.2, -0.15) is 10.5 Å². The first kappa shape index (κ1) is 29.7. The maximum absolute atomic E-state index is 10.3. The summed E-state index contributed by atoms with van der Waals surface area (Å²) in [6.07, 6.45) is 0. The summed E-state index contributed by atoms with van der Waals surface area (Å²) in [6.45, 7) is 0. The second-order valence-corrected chi connectivity index (χ2v) is 16.7. The highest BCUT2D eigenvalue weighted by molar-refractivity contribution is 7.29. The normalized spacial score (nSPS) is 12.2. The number of thiophene rings is 4. The largest absolute Gasteiger partial charge is 0.307 e. The highest BCUT2D eigenvalue weighted by Crippen LogP contribution is 2.51. The van der Waals surface area contributed by atoms with E-state index in [2.05, 4.69) is 141 Å². The third kappa shape index (κ3) is 4.15. The van der Waals surface area contributed by atoms with Crippen LogP contribution < -0.4 is 0 Å². The van der Waals surface area contributed by atoms with Gasteiger partial charge in [0.1, 0.15) is 17.7 Å². The zero-order valence-electron chi connectivity index (χ0n) is 27.1. The van der Waals surface area contributed by atoms with Crippen LogP contribution in [0.5, 0.6) is 0 Å². The minimum Gasteiger partial charge on any atom is -0.307 e. The van der Waals surface area contributed by atoms with E-state index in [0.29, 0.717) is 5.57 Å². The molecule has 0 aliphatic heterocycles. The number of nitrogens with zero attached hydrogens (tertiary/aromatic N) is 4.